The number of amides is 2. The lowest BCUT2D eigenvalue weighted by Gasteiger charge is -2.06. The Morgan fingerprint density at radius 2 is 0.971 bits per heavy atom. The summed E-state index contributed by atoms with van der Waals surface area (Å²) in [6, 6.07) is 28.5. The number of carbonyl (C=O) groups is 4. The molecule has 0 aliphatic heterocycles. The highest BCUT2D eigenvalue weighted by Crippen LogP contribution is 2.24. The molecule has 4 aromatic carbocycles. The number of pyridine rings is 2. The van der Waals surface area contributed by atoms with E-state index in [1.807, 2.05) is 35.8 Å². The standard InChI is InChI=1S/C15H12Cl3N3O.C10H12ClNO2.C8H10ClN3O.C6H3Cl2NO.C6H6ClN.CH4.H4N2/c16-10-2-1-3-11(6-10)21-9-15(22)20-5-4-12-13(17)7-19-8-14(12)18;1-2-14-10(13)7-12-9-5-3-4-8(11)6-9;9-6-2-1-3-7(4-6)11-5-8(13)12-10;7-5-1-9-2-6(8)4(5)3-10;7-5-2-1-3-6(8)4-5;;1-2/h1-8,21H,9H2,(H,20,22);3-6,12H,2,7H2,1H3;1-4,11H,5,10H2,(H,12,13);1-3H;1-4H,8H2;1H4;1-2H2/b5-4+;;;;;;. The Kier molecular flexibility index (Phi) is 35.1. The summed E-state index contributed by atoms with van der Waals surface area (Å²) in [6.45, 7) is 2.58. The zero-order chi connectivity index (χ0) is 51.6. The smallest absolute Gasteiger partial charge is 0.325 e. The molecule has 13 N–H and O–H groups in total. The first kappa shape index (κ1) is 64.4. The van der Waals surface area contributed by atoms with Gasteiger partial charge < -0.3 is 31.7 Å². The summed E-state index contributed by atoms with van der Waals surface area (Å²) in [4.78, 5) is 51.2. The lowest BCUT2D eigenvalue weighted by Crippen LogP contribution is -2.35. The van der Waals surface area contributed by atoms with Crippen molar-refractivity contribution in [2.75, 3.05) is 47.9 Å². The minimum atomic E-state index is -0.278. The third-order valence-electron chi connectivity index (χ3n) is 7.52. The number of nitrogen functional groups attached to an aromatic ring is 1. The monoisotopic (exact) mass is 1120 g/mol. The molecule has 24 heteroatoms. The van der Waals surface area contributed by atoms with E-state index in [0.29, 0.717) is 59.8 Å². The van der Waals surface area contributed by atoms with E-state index in [1.54, 1.807) is 79.7 Å². The first-order valence-corrected chi connectivity index (χ1v) is 22.5. The van der Waals surface area contributed by atoms with Crippen molar-refractivity contribution in [3.05, 3.63) is 179 Å². The number of nitrogens with two attached hydrogens (primary N) is 4. The molecule has 0 unspecified atom stereocenters. The number of hydrazine groups is 2. The van der Waals surface area contributed by atoms with Gasteiger partial charge in [-0.15, -0.1) is 0 Å². The van der Waals surface area contributed by atoms with Gasteiger partial charge in [0.1, 0.15) is 6.54 Å². The van der Waals surface area contributed by atoms with Crippen LogP contribution in [0, 0.1) is 0 Å². The molecule has 376 valence electrons. The van der Waals surface area contributed by atoms with Gasteiger partial charge in [0.05, 0.1) is 45.4 Å². The van der Waals surface area contributed by atoms with Gasteiger partial charge in [0.15, 0.2) is 6.29 Å². The quantitative estimate of drug-likeness (QED) is 0.0130. The van der Waals surface area contributed by atoms with Crippen LogP contribution in [0.5, 0.6) is 0 Å². The van der Waals surface area contributed by atoms with E-state index in [0.717, 1.165) is 17.1 Å². The number of benzene rings is 4. The summed E-state index contributed by atoms with van der Waals surface area (Å²) >= 11 is 46.0. The van der Waals surface area contributed by atoms with Gasteiger partial charge in [-0.25, -0.2) is 5.84 Å². The highest BCUT2D eigenvalue weighted by Gasteiger charge is 2.05. The number of rotatable bonds is 13. The van der Waals surface area contributed by atoms with Crippen molar-refractivity contribution in [1.29, 1.82) is 0 Å². The summed E-state index contributed by atoms with van der Waals surface area (Å²) in [5.41, 5.74) is 11.4. The summed E-state index contributed by atoms with van der Waals surface area (Å²) in [5, 5.41) is 15.3. The van der Waals surface area contributed by atoms with E-state index in [1.165, 1.54) is 31.0 Å². The molecule has 0 aliphatic rings. The van der Waals surface area contributed by atoms with Crippen LogP contribution in [0.1, 0.15) is 30.3 Å². The van der Waals surface area contributed by atoms with E-state index in [-0.39, 0.29) is 54.9 Å². The predicted molar refractivity (Wildman–Crippen MR) is 291 cm³/mol. The molecule has 70 heavy (non-hydrogen) atoms. The topological polar surface area (TPSA) is 268 Å². The van der Waals surface area contributed by atoms with Crippen LogP contribution in [-0.4, -0.2) is 60.3 Å². The van der Waals surface area contributed by atoms with Gasteiger partial charge in [-0.3, -0.25) is 46.3 Å². The molecule has 0 saturated heterocycles. The van der Waals surface area contributed by atoms with Crippen molar-refractivity contribution in [2.45, 2.75) is 14.4 Å². The Morgan fingerprint density at radius 1 is 0.586 bits per heavy atom. The highest BCUT2D eigenvalue weighted by molar-refractivity contribution is 6.38. The van der Waals surface area contributed by atoms with Crippen LogP contribution in [-0.2, 0) is 19.1 Å². The molecule has 0 saturated carbocycles. The van der Waals surface area contributed by atoms with Crippen molar-refractivity contribution in [1.82, 2.24) is 20.7 Å². The second kappa shape index (κ2) is 38.2. The van der Waals surface area contributed by atoms with Gasteiger partial charge >= 0.3 is 5.97 Å². The number of halogens is 8. The molecule has 2 aromatic heterocycles. The molecule has 0 aliphatic carbocycles. The van der Waals surface area contributed by atoms with Gasteiger partial charge in [0, 0.05) is 79.4 Å². The van der Waals surface area contributed by atoms with Crippen LogP contribution in [0.15, 0.2) is 128 Å². The number of aromatic nitrogens is 2. The fourth-order valence-corrected chi connectivity index (χ4v) is 6.20. The average molecular weight is 1120 g/mol. The number of carbonyl (C=O) groups excluding carboxylic acids is 4. The Balaban J connectivity index is 0.000000875. The number of nitrogens with one attached hydrogen (secondary N) is 5. The zero-order valence-electron chi connectivity index (χ0n) is 36.4. The van der Waals surface area contributed by atoms with Gasteiger partial charge in [-0.05, 0) is 85.8 Å². The molecule has 6 aromatic rings. The number of hydrogen-bond donors (Lipinski definition) is 9. The molecule has 6 rings (SSSR count). The minimum absolute atomic E-state index is 0. The van der Waals surface area contributed by atoms with Crippen molar-refractivity contribution in [2.24, 2.45) is 17.5 Å². The van der Waals surface area contributed by atoms with E-state index in [4.69, 9.17) is 109 Å². The van der Waals surface area contributed by atoms with Gasteiger partial charge in [-0.2, -0.15) is 0 Å². The molecule has 16 nitrogen and oxygen atoms in total. The number of aldehydes is 1. The molecule has 0 atom stereocenters. The first-order chi connectivity index (χ1) is 33.0. The normalized spacial score (nSPS) is 9.49. The van der Waals surface area contributed by atoms with E-state index < -0.39 is 0 Å². The molecule has 0 fully saturated rings. The molecular weight excluding hydrogens is 1070 g/mol. The predicted octanol–water partition coefficient (Wildman–Crippen LogP) is 10.9. The van der Waals surface area contributed by atoms with Gasteiger partial charge in [0.2, 0.25) is 5.91 Å². The summed E-state index contributed by atoms with van der Waals surface area (Å²) < 4.78 is 4.76. The molecule has 0 spiro atoms. The fraction of sp³-hybridized carbons (Fsp3) is 0.130. The highest BCUT2D eigenvalue weighted by atomic mass is 35.5. The number of anilines is 4. The molecule has 0 bridgehead atoms. The maximum atomic E-state index is 11.7. The third kappa shape index (κ3) is 28.8. The van der Waals surface area contributed by atoms with E-state index in [9.17, 15) is 19.2 Å². The van der Waals surface area contributed by atoms with Crippen molar-refractivity contribution in [3.8, 4) is 0 Å². The van der Waals surface area contributed by atoms with E-state index >= 15 is 0 Å². The SMILES string of the molecule is C.CCOC(=O)CNc1cccc(Cl)c1.NN.NNC(=O)CNc1cccc(Cl)c1.Nc1cccc(Cl)c1.O=C(CNc1cccc(Cl)c1)N/C=C/c1c(Cl)cncc1Cl.O=Cc1c(Cl)cncc1Cl. The number of esters is 1. The maximum absolute atomic E-state index is 11.7. The second-order valence-electron chi connectivity index (χ2n) is 12.6. The zero-order valence-corrected chi connectivity index (χ0v) is 42.4. The van der Waals surface area contributed by atoms with Gasteiger partial charge in [-0.1, -0.05) is 124 Å². The number of hydrogen-bond acceptors (Lipinski definition) is 14. The lowest BCUT2D eigenvalue weighted by atomic mass is 10.2. The molecule has 2 amide bonds. The molecule has 0 radical (unpaired) electrons. The van der Waals surface area contributed by atoms with Gasteiger partial charge in [0.25, 0.3) is 5.91 Å². The Hall–Kier alpha value is -5.60. The van der Waals surface area contributed by atoms with Crippen LogP contribution >= 0.6 is 92.8 Å². The van der Waals surface area contributed by atoms with Crippen LogP contribution in [0.4, 0.5) is 22.7 Å². The summed E-state index contributed by atoms with van der Waals surface area (Å²) in [5.74, 6) is 12.1. The molecular formula is C46H51Cl8N11O5. The van der Waals surface area contributed by atoms with Crippen LogP contribution < -0.4 is 50.0 Å². The van der Waals surface area contributed by atoms with Crippen LogP contribution in [0.2, 0.25) is 40.2 Å². The minimum Gasteiger partial charge on any atom is -0.465 e. The lowest BCUT2D eigenvalue weighted by molar-refractivity contribution is -0.141. The largest absolute Gasteiger partial charge is 0.465 e. The Morgan fingerprint density at radius 3 is 1.31 bits per heavy atom. The van der Waals surface area contributed by atoms with Crippen molar-refractivity contribution < 1.29 is 23.9 Å². The van der Waals surface area contributed by atoms with Crippen molar-refractivity contribution >= 4 is 146 Å². The first-order valence-electron chi connectivity index (χ1n) is 19.5. The number of ether oxygens (including phenoxy) is 1. The van der Waals surface area contributed by atoms with Crippen LogP contribution in [0.3, 0.4) is 0 Å². The van der Waals surface area contributed by atoms with Crippen LogP contribution in [0.25, 0.3) is 6.08 Å². The fourth-order valence-electron chi connectivity index (χ4n) is 4.49. The second-order valence-corrected chi connectivity index (χ2v) is 15.9. The summed E-state index contributed by atoms with van der Waals surface area (Å²) in [7, 11) is 0. The van der Waals surface area contributed by atoms with Crippen molar-refractivity contribution in [3.63, 3.8) is 0 Å². The molecule has 2 heterocycles. The van der Waals surface area contributed by atoms with E-state index in [2.05, 4.69) is 42.9 Å². The Labute approximate surface area is 446 Å². The average Bonchev–Trinajstić information content (AvgIpc) is 3.32. The number of nitrogens with zero attached hydrogens (tertiary/aromatic N) is 2. The summed E-state index contributed by atoms with van der Waals surface area (Å²) in [6.07, 6.45) is 9.41. The third-order valence-corrected chi connectivity index (χ3v) is 9.67. The maximum Gasteiger partial charge on any atom is 0.325 e. The Bertz CT molecular complexity index is 2490.